The molecule has 0 bridgehead atoms. The monoisotopic (exact) mass is 458 g/mol. The summed E-state index contributed by atoms with van der Waals surface area (Å²) in [6.45, 7) is 2.03. The van der Waals surface area contributed by atoms with Gasteiger partial charge in [0.05, 0.1) is 24.1 Å². The van der Waals surface area contributed by atoms with Crippen LogP contribution in [0.3, 0.4) is 0 Å². The molecule has 1 saturated carbocycles. The summed E-state index contributed by atoms with van der Waals surface area (Å²) in [4.78, 5) is 22.3. The maximum absolute atomic E-state index is 13.7. The quantitative estimate of drug-likeness (QED) is 0.743. The van der Waals surface area contributed by atoms with Gasteiger partial charge < -0.3 is 24.8 Å². The number of carbonyl (C=O) groups excluding carboxylic acids is 1. The zero-order valence-electron chi connectivity index (χ0n) is 19.7. The summed E-state index contributed by atoms with van der Waals surface area (Å²) in [5.41, 5.74) is 9.81. The molecule has 1 amide bonds. The van der Waals surface area contributed by atoms with Crippen molar-refractivity contribution in [3.63, 3.8) is 0 Å². The summed E-state index contributed by atoms with van der Waals surface area (Å²) < 4.78 is 7.53. The van der Waals surface area contributed by atoms with Crippen LogP contribution in [0, 0.1) is 17.2 Å². The van der Waals surface area contributed by atoms with Gasteiger partial charge in [0.15, 0.2) is 5.84 Å². The Morgan fingerprint density at radius 2 is 2.09 bits per heavy atom. The Kier molecular flexibility index (Phi) is 5.88. The normalized spacial score (nSPS) is 20.1. The number of nitrogens with zero attached hydrogens (tertiary/aromatic N) is 5. The minimum atomic E-state index is -0.0749. The molecule has 3 heterocycles. The minimum Gasteiger partial charge on any atom is -0.497 e. The molecule has 2 N–H and O–H groups in total. The molecular weight excluding hydrogens is 428 g/mol. The maximum Gasteiger partial charge on any atom is 0.256 e. The number of nitrogens with two attached hydrogens (primary N) is 1. The number of amidine groups is 1. The number of carbonyl (C=O) groups is 1. The maximum atomic E-state index is 13.7. The van der Waals surface area contributed by atoms with E-state index in [9.17, 15) is 10.1 Å². The molecule has 1 atom stereocenters. The van der Waals surface area contributed by atoms with E-state index in [1.54, 1.807) is 13.3 Å². The summed E-state index contributed by atoms with van der Waals surface area (Å²) in [7, 11) is 3.57. The molecule has 0 radical (unpaired) electrons. The number of hydrogen-bond donors (Lipinski definition) is 1. The van der Waals surface area contributed by atoms with Crippen LogP contribution >= 0.6 is 0 Å². The van der Waals surface area contributed by atoms with Gasteiger partial charge in [-0.2, -0.15) is 5.26 Å². The molecule has 0 unspecified atom stereocenters. The number of likely N-dealkylation sites (tertiary alicyclic amines) is 1. The van der Waals surface area contributed by atoms with Crippen LogP contribution in [0.4, 0.5) is 5.69 Å². The number of ether oxygens (including phenoxy) is 1. The Morgan fingerprint density at radius 3 is 2.79 bits per heavy atom. The smallest absolute Gasteiger partial charge is 0.256 e. The van der Waals surface area contributed by atoms with Crippen molar-refractivity contribution in [2.75, 3.05) is 32.1 Å². The van der Waals surface area contributed by atoms with Crippen LogP contribution in [0.15, 0.2) is 41.5 Å². The number of anilines is 1. The third kappa shape index (κ3) is 4.08. The molecule has 1 aromatic carbocycles. The highest BCUT2D eigenvalue weighted by Crippen LogP contribution is 2.36. The molecule has 3 aliphatic rings. The number of hydrogen-bond acceptors (Lipinski definition) is 6. The van der Waals surface area contributed by atoms with E-state index < -0.39 is 0 Å². The molecule has 176 valence electrons. The Morgan fingerprint density at radius 1 is 1.26 bits per heavy atom. The van der Waals surface area contributed by atoms with E-state index in [0.717, 1.165) is 36.3 Å². The Hall–Kier alpha value is -3.57. The Bertz CT molecular complexity index is 1220. The predicted octanol–water partition coefficient (Wildman–Crippen LogP) is 2.97. The van der Waals surface area contributed by atoms with Crippen molar-refractivity contribution in [1.82, 2.24) is 9.47 Å². The summed E-state index contributed by atoms with van der Waals surface area (Å²) in [5.74, 6) is 1.90. The van der Waals surface area contributed by atoms with Crippen LogP contribution in [0.1, 0.15) is 42.6 Å². The summed E-state index contributed by atoms with van der Waals surface area (Å²) in [5, 5.41) is 9.67. The van der Waals surface area contributed by atoms with Crippen LogP contribution in [0.25, 0.3) is 5.57 Å². The van der Waals surface area contributed by atoms with Crippen molar-refractivity contribution in [1.29, 1.82) is 5.26 Å². The molecule has 1 aromatic heterocycles. The van der Waals surface area contributed by atoms with Crippen molar-refractivity contribution in [2.45, 2.75) is 38.3 Å². The van der Waals surface area contributed by atoms with E-state index in [1.165, 1.54) is 12.8 Å². The van der Waals surface area contributed by atoms with Gasteiger partial charge in [-0.15, -0.1) is 0 Å². The first-order valence-electron chi connectivity index (χ1n) is 11.8. The molecule has 8 heteroatoms. The zero-order chi connectivity index (χ0) is 23.8. The highest BCUT2D eigenvalue weighted by atomic mass is 16.5. The molecule has 1 saturated heterocycles. The van der Waals surface area contributed by atoms with Crippen molar-refractivity contribution in [3.05, 3.63) is 53.5 Å². The van der Waals surface area contributed by atoms with Crippen molar-refractivity contribution >= 4 is 23.0 Å². The van der Waals surface area contributed by atoms with Gasteiger partial charge in [0, 0.05) is 44.5 Å². The minimum absolute atomic E-state index is 0.00861. The number of rotatable bonds is 5. The van der Waals surface area contributed by atoms with Gasteiger partial charge >= 0.3 is 0 Å². The lowest BCUT2D eigenvalue weighted by Gasteiger charge is -2.31. The van der Waals surface area contributed by atoms with Crippen molar-refractivity contribution < 1.29 is 9.53 Å². The van der Waals surface area contributed by atoms with E-state index in [4.69, 9.17) is 15.5 Å². The van der Waals surface area contributed by atoms with Crippen molar-refractivity contribution in [3.8, 4) is 11.8 Å². The van der Waals surface area contributed by atoms with Crippen molar-refractivity contribution in [2.24, 2.45) is 16.6 Å². The predicted molar refractivity (Wildman–Crippen MR) is 132 cm³/mol. The SMILES string of the molecule is COc1ccc2c(c1)C(C(=O)N1CCC[C@@H](N)C1)=CN=C(c1ccc(C#N)n1CC1CC1)N2C. The van der Waals surface area contributed by atoms with Crippen LogP contribution in [0.5, 0.6) is 5.75 Å². The number of aliphatic imine (C=N–C) groups is 1. The first kappa shape index (κ1) is 22.2. The van der Waals surface area contributed by atoms with Gasteiger partial charge in [-0.05, 0) is 61.9 Å². The first-order chi connectivity index (χ1) is 16.5. The lowest BCUT2D eigenvalue weighted by molar-refractivity contribution is -0.126. The highest BCUT2D eigenvalue weighted by Gasteiger charge is 2.31. The van der Waals surface area contributed by atoms with Gasteiger partial charge in [-0.25, -0.2) is 4.99 Å². The molecule has 2 fully saturated rings. The Balaban J connectivity index is 1.61. The summed E-state index contributed by atoms with van der Waals surface area (Å²) >= 11 is 0. The molecular formula is C26H30N6O2. The van der Waals surface area contributed by atoms with Gasteiger partial charge in [-0.3, -0.25) is 4.79 Å². The lowest BCUT2D eigenvalue weighted by Crippen LogP contribution is -2.46. The van der Waals surface area contributed by atoms with E-state index in [1.807, 2.05) is 47.2 Å². The molecule has 34 heavy (non-hydrogen) atoms. The second-order valence-corrected chi connectivity index (χ2v) is 9.36. The summed E-state index contributed by atoms with van der Waals surface area (Å²) in [6, 6.07) is 11.8. The molecule has 1 aliphatic carbocycles. The fourth-order valence-corrected chi connectivity index (χ4v) is 4.84. The molecule has 8 nitrogen and oxygen atoms in total. The lowest BCUT2D eigenvalue weighted by atomic mass is 10.00. The van der Waals surface area contributed by atoms with E-state index in [0.29, 0.717) is 41.9 Å². The van der Waals surface area contributed by atoms with Gasteiger partial charge in [0.1, 0.15) is 17.5 Å². The Labute approximate surface area is 199 Å². The van der Waals surface area contributed by atoms with Crippen LogP contribution in [-0.2, 0) is 11.3 Å². The zero-order valence-corrected chi connectivity index (χ0v) is 19.7. The molecule has 0 spiro atoms. The van der Waals surface area contributed by atoms with Gasteiger partial charge in [-0.1, -0.05) is 0 Å². The van der Waals surface area contributed by atoms with Crippen LogP contribution < -0.4 is 15.4 Å². The standard InChI is InChI=1S/C26H30N6O2/c1-30-23-10-8-20(34-2)12-21(23)22(26(33)31-11-3-4-18(28)16-31)14-29-25(30)24-9-7-19(13-27)32(24)15-17-5-6-17/h7-10,12,14,17-18H,3-6,11,15-16,28H2,1-2H3/t18-/m1/s1. The number of benzene rings is 1. The summed E-state index contributed by atoms with van der Waals surface area (Å²) in [6.07, 6.45) is 5.86. The number of nitriles is 1. The topological polar surface area (TPSA) is 99.9 Å². The number of fused-ring (bicyclic) bond motifs is 1. The molecule has 2 aliphatic heterocycles. The van der Waals surface area contributed by atoms with E-state index >= 15 is 0 Å². The number of aromatic nitrogens is 1. The van der Waals surface area contributed by atoms with E-state index in [2.05, 4.69) is 10.6 Å². The van der Waals surface area contributed by atoms with E-state index in [-0.39, 0.29) is 11.9 Å². The third-order valence-corrected chi connectivity index (χ3v) is 6.93. The fraction of sp³-hybridized carbons (Fsp3) is 0.423. The number of methoxy groups -OCH3 is 1. The largest absolute Gasteiger partial charge is 0.497 e. The average molecular weight is 459 g/mol. The van der Waals surface area contributed by atoms with Crippen LogP contribution in [0.2, 0.25) is 0 Å². The number of amides is 1. The van der Waals surface area contributed by atoms with Gasteiger partial charge in [0.25, 0.3) is 5.91 Å². The molecule has 2 aromatic rings. The third-order valence-electron chi connectivity index (χ3n) is 6.93. The first-order valence-corrected chi connectivity index (χ1v) is 11.8. The second-order valence-electron chi connectivity index (χ2n) is 9.36. The highest BCUT2D eigenvalue weighted by molar-refractivity contribution is 6.24. The van der Waals surface area contributed by atoms with Gasteiger partial charge in [0.2, 0.25) is 0 Å². The number of piperidine rings is 1. The fourth-order valence-electron chi connectivity index (χ4n) is 4.84. The van der Waals surface area contributed by atoms with Crippen LogP contribution in [-0.4, -0.2) is 54.5 Å². The molecule has 5 rings (SSSR count). The second kappa shape index (κ2) is 8.99. The average Bonchev–Trinajstić information content (AvgIpc) is 3.61.